The summed E-state index contributed by atoms with van der Waals surface area (Å²) in [7, 11) is 3.50. The molecule has 30 heavy (non-hydrogen) atoms. The van der Waals surface area contributed by atoms with Gasteiger partial charge in [-0.3, -0.25) is 4.99 Å². The normalized spacial score (nSPS) is 15.9. The molecule has 0 radical (unpaired) electrons. The summed E-state index contributed by atoms with van der Waals surface area (Å²) in [6.45, 7) is 5.98. The number of nitrogens with one attached hydrogen (secondary N) is 2. The predicted molar refractivity (Wildman–Crippen MR) is 129 cm³/mol. The van der Waals surface area contributed by atoms with Crippen molar-refractivity contribution in [2.24, 2.45) is 4.99 Å². The number of aryl methyl sites for hydroxylation is 1. The number of benzene rings is 1. The molecule has 1 fully saturated rings. The van der Waals surface area contributed by atoms with E-state index in [1.54, 1.807) is 20.5 Å². The highest BCUT2D eigenvalue weighted by Crippen LogP contribution is 2.35. The van der Waals surface area contributed by atoms with Gasteiger partial charge in [0.15, 0.2) is 5.96 Å². The first kappa shape index (κ1) is 24.4. The SMILES string of the molecule is CCc1nncn1CCNC(=NC)NCC1(c2ccc(OC)cc2)CCOCC1.I. The topological polar surface area (TPSA) is 85.6 Å². The number of halogens is 1. The molecule has 0 amide bonds. The summed E-state index contributed by atoms with van der Waals surface area (Å²) in [4.78, 5) is 4.39. The van der Waals surface area contributed by atoms with Crippen molar-refractivity contribution in [2.45, 2.75) is 38.1 Å². The van der Waals surface area contributed by atoms with Crippen LogP contribution in [0.2, 0.25) is 0 Å². The van der Waals surface area contributed by atoms with Gasteiger partial charge in [0.25, 0.3) is 0 Å². The first-order valence-electron chi connectivity index (χ1n) is 10.2. The second-order valence-electron chi connectivity index (χ2n) is 7.27. The van der Waals surface area contributed by atoms with Crippen molar-refractivity contribution in [1.82, 2.24) is 25.4 Å². The maximum Gasteiger partial charge on any atom is 0.191 e. The zero-order valence-corrected chi connectivity index (χ0v) is 20.4. The molecule has 0 unspecified atom stereocenters. The van der Waals surface area contributed by atoms with Crippen LogP contribution in [0.15, 0.2) is 35.6 Å². The summed E-state index contributed by atoms with van der Waals surface area (Å²) < 4.78 is 13.0. The molecule has 9 heteroatoms. The van der Waals surface area contributed by atoms with Gasteiger partial charge in [-0.15, -0.1) is 34.2 Å². The number of hydrogen-bond acceptors (Lipinski definition) is 5. The minimum Gasteiger partial charge on any atom is -0.497 e. The Morgan fingerprint density at radius 2 is 1.97 bits per heavy atom. The number of rotatable bonds is 8. The van der Waals surface area contributed by atoms with Crippen LogP contribution < -0.4 is 15.4 Å². The summed E-state index contributed by atoms with van der Waals surface area (Å²) in [5.74, 6) is 2.67. The third-order valence-electron chi connectivity index (χ3n) is 5.63. The van der Waals surface area contributed by atoms with Crippen LogP contribution in [0, 0.1) is 0 Å². The van der Waals surface area contributed by atoms with E-state index < -0.39 is 0 Å². The lowest BCUT2D eigenvalue weighted by molar-refractivity contribution is 0.0513. The molecule has 1 aliphatic heterocycles. The number of methoxy groups -OCH3 is 1. The highest BCUT2D eigenvalue weighted by Gasteiger charge is 2.34. The molecule has 3 rings (SSSR count). The van der Waals surface area contributed by atoms with Crippen LogP contribution in [0.25, 0.3) is 0 Å². The van der Waals surface area contributed by atoms with Gasteiger partial charge < -0.3 is 24.7 Å². The van der Waals surface area contributed by atoms with Crippen molar-refractivity contribution in [3.8, 4) is 5.75 Å². The Kier molecular flexibility index (Phi) is 9.83. The molecule has 2 N–H and O–H groups in total. The van der Waals surface area contributed by atoms with Crippen molar-refractivity contribution >= 4 is 29.9 Å². The second-order valence-corrected chi connectivity index (χ2v) is 7.27. The van der Waals surface area contributed by atoms with E-state index in [1.807, 2.05) is 12.1 Å². The molecule has 1 aliphatic rings. The molecule has 1 saturated heterocycles. The highest BCUT2D eigenvalue weighted by atomic mass is 127. The first-order valence-corrected chi connectivity index (χ1v) is 10.2. The lowest BCUT2D eigenvalue weighted by Gasteiger charge is -2.38. The standard InChI is InChI=1S/C21H32N6O2.HI/c1-4-19-26-25-16-27(19)12-11-23-20(22-2)24-15-21(9-13-29-14-10-21)17-5-7-18(28-3)8-6-17;/h5-8,16H,4,9-15H2,1-3H3,(H2,22,23,24);1H. The fourth-order valence-corrected chi connectivity index (χ4v) is 3.78. The van der Waals surface area contributed by atoms with E-state index >= 15 is 0 Å². The molecule has 166 valence electrons. The molecule has 1 aromatic heterocycles. The molecule has 0 aliphatic carbocycles. The van der Waals surface area contributed by atoms with Gasteiger partial charge in [-0.2, -0.15) is 0 Å². The van der Waals surface area contributed by atoms with E-state index in [4.69, 9.17) is 9.47 Å². The van der Waals surface area contributed by atoms with Gasteiger partial charge in [0.05, 0.1) is 7.11 Å². The van der Waals surface area contributed by atoms with E-state index in [1.165, 1.54) is 5.56 Å². The Bertz CT molecular complexity index is 787. The number of aromatic nitrogens is 3. The molecule has 8 nitrogen and oxygen atoms in total. The number of hydrogen-bond donors (Lipinski definition) is 2. The average molecular weight is 528 g/mol. The smallest absolute Gasteiger partial charge is 0.191 e. The van der Waals surface area contributed by atoms with Crippen molar-refractivity contribution < 1.29 is 9.47 Å². The number of nitrogens with zero attached hydrogens (tertiary/aromatic N) is 4. The molecule has 2 heterocycles. The summed E-state index contributed by atoms with van der Waals surface area (Å²) in [5.41, 5.74) is 1.33. The Hall–Kier alpha value is -1.88. The van der Waals surface area contributed by atoms with Crippen molar-refractivity contribution in [3.05, 3.63) is 42.0 Å². The quantitative estimate of drug-likeness (QED) is 0.311. The summed E-state index contributed by atoms with van der Waals surface area (Å²) in [5, 5.41) is 15.0. The van der Waals surface area contributed by atoms with Gasteiger partial charge in [-0.05, 0) is 30.5 Å². The Morgan fingerprint density at radius 3 is 2.60 bits per heavy atom. The lowest BCUT2D eigenvalue weighted by atomic mass is 9.74. The minimum absolute atomic E-state index is 0. The largest absolute Gasteiger partial charge is 0.497 e. The maximum absolute atomic E-state index is 5.64. The summed E-state index contributed by atoms with van der Waals surface area (Å²) >= 11 is 0. The molecular weight excluding hydrogens is 495 g/mol. The predicted octanol–water partition coefficient (Wildman–Crippen LogP) is 2.38. The maximum atomic E-state index is 5.64. The van der Waals surface area contributed by atoms with Crippen LogP contribution in [0.4, 0.5) is 0 Å². The zero-order valence-electron chi connectivity index (χ0n) is 18.1. The van der Waals surface area contributed by atoms with Gasteiger partial charge in [-0.25, -0.2) is 0 Å². The van der Waals surface area contributed by atoms with E-state index in [0.717, 1.165) is 69.6 Å². The molecule has 0 saturated carbocycles. The molecule has 2 aromatic rings. The van der Waals surface area contributed by atoms with Crippen molar-refractivity contribution in [2.75, 3.05) is 40.5 Å². The fourth-order valence-electron chi connectivity index (χ4n) is 3.78. The van der Waals surface area contributed by atoms with Gasteiger partial charge >= 0.3 is 0 Å². The number of guanidine groups is 1. The number of aliphatic imine (C=N–C) groups is 1. The van der Waals surface area contributed by atoms with E-state index in [9.17, 15) is 0 Å². The van der Waals surface area contributed by atoms with E-state index in [0.29, 0.717) is 0 Å². The van der Waals surface area contributed by atoms with Crippen LogP contribution in [0.3, 0.4) is 0 Å². The minimum atomic E-state index is 0. The third kappa shape index (κ3) is 6.07. The Morgan fingerprint density at radius 1 is 1.23 bits per heavy atom. The van der Waals surface area contributed by atoms with Gasteiger partial charge in [-0.1, -0.05) is 19.1 Å². The zero-order chi connectivity index (χ0) is 20.5. The van der Waals surface area contributed by atoms with Crippen LogP contribution in [0.5, 0.6) is 5.75 Å². The Balaban J connectivity index is 0.00000320. The van der Waals surface area contributed by atoms with Crippen molar-refractivity contribution in [3.63, 3.8) is 0 Å². The second kappa shape index (κ2) is 12.1. The molecular formula is C21H33IN6O2. The molecule has 0 spiro atoms. The molecule has 0 atom stereocenters. The molecule has 1 aromatic carbocycles. The van der Waals surface area contributed by atoms with Crippen molar-refractivity contribution in [1.29, 1.82) is 0 Å². The third-order valence-corrected chi connectivity index (χ3v) is 5.63. The highest BCUT2D eigenvalue weighted by molar-refractivity contribution is 14.0. The average Bonchev–Trinajstić information content (AvgIpc) is 3.24. The van der Waals surface area contributed by atoms with E-state index in [2.05, 4.69) is 49.4 Å². The van der Waals surface area contributed by atoms with Crippen LogP contribution in [-0.2, 0) is 23.1 Å². The summed E-state index contributed by atoms with van der Waals surface area (Å²) in [6.07, 6.45) is 4.60. The van der Waals surface area contributed by atoms with Crippen LogP contribution in [-0.4, -0.2) is 61.2 Å². The van der Waals surface area contributed by atoms with Gasteiger partial charge in [0.1, 0.15) is 17.9 Å². The van der Waals surface area contributed by atoms with E-state index in [-0.39, 0.29) is 29.4 Å². The van der Waals surface area contributed by atoms with Crippen LogP contribution in [0.1, 0.15) is 31.2 Å². The Labute approximate surface area is 195 Å². The van der Waals surface area contributed by atoms with Crippen LogP contribution >= 0.6 is 24.0 Å². The lowest BCUT2D eigenvalue weighted by Crippen LogP contribution is -2.48. The molecule has 0 bridgehead atoms. The fraction of sp³-hybridized carbons (Fsp3) is 0.571. The van der Waals surface area contributed by atoms with Gasteiger partial charge in [0.2, 0.25) is 0 Å². The monoisotopic (exact) mass is 528 g/mol. The number of ether oxygens (including phenoxy) is 2. The van der Waals surface area contributed by atoms with Gasteiger partial charge in [0, 0.05) is 51.7 Å². The summed E-state index contributed by atoms with van der Waals surface area (Å²) in [6, 6.07) is 8.40. The first-order chi connectivity index (χ1) is 14.2.